The molecule has 0 radical (unpaired) electrons. The van der Waals surface area contributed by atoms with Crippen molar-refractivity contribution in [3.63, 3.8) is 0 Å². The van der Waals surface area contributed by atoms with E-state index < -0.39 is 0 Å². The smallest absolute Gasteiger partial charge is 0.257 e. The van der Waals surface area contributed by atoms with E-state index in [1.54, 1.807) is 17.5 Å². The third kappa shape index (κ3) is 7.24. The molecule has 3 aromatic heterocycles. The maximum Gasteiger partial charge on any atom is 0.257 e. The molecule has 0 unspecified atom stereocenters. The fourth-order valence-electron chi connectivity index (χ4n) is 4.50. The van der Waals surface area contributed by atoms with Crippen LogP contribution in [0.15, 0.2) is 42.0 Å². The molecule has 1 fully saturated rings. The number of anilines is 1. The number of likely N-dealkylation sites (tertiary alicyclic amines) is 1. The van der Waals surface area contributed by atoms with Crippen molar-refractivity contribution < 1.29 is 9.53 Å². The van der Waals surface area contributed by atoms with Gasteiger partial charge in [-0.1, -0.05) is 11.6 Å². The van der Waals surface area contributed by atoms with Crippen LogP contribution in [0.1, 0.15) is 17.8 Å². The number of piperidine rings is 1. The molecule has 0 atom stereocenters. The Bertz CT molecular complexity index is 1370. The molecule has 0 saturated carbocycles. The first-order valence-electron chi connectivity index (χ1n) is 13.0. The Morgan fingerprint density at radius 3 is 2.74 bits per heavy atom. The van der Waals surface area contributed by atoms with Crippen molar-refractivity contribution in [2.75, 3.05) is 52.2 Å². The number of thiazole rings is 1. The lowest BCUT2D eigenvalue weighted by molar-refractivity contribution is -0.123. The number of nitrogens with one attached hydrogen (secondary N) is 3. The molecule has 1 amide bonds. The second kappa shape index (κ2) is 12.7. The molecule has 12 heteroatoms. The Kier molecular flexibility index (Phi) is 8.92. The molecule has 10 nitrogen and oxygen atoms in total. The van der Waals surface area contributed by atoms with Crippen molar-refractivity contribution >= 4 is 45.7 Å². The fraction of sp³-hybridized carbons (Fsp3) is 0.407. The number of fused-ring (bicyclic) bond motifs is 1. The summed E-state index contributed by atoms with van der Waals surface area (Å²) in [5.41, 5.74) is 3.11. The number of aromatic amines is 1. The van der Waals surface area contributed by atoms with Gasteiger partial charge in [-0.2, -0.15) is 0 Å². The summed E-state index contributed by atoms with van der Waals surface area (Å²) in [6.45, 7) is 4.25. The number of benzene rings is 1. The number of rotatable bonds is 11. The zero-order valence-corrected chi connectivity index (χ0v) is 23.7. The summed E-state index contributed by atoms with van der Waals surface area (Å²) in [5, 5.41) is 10.2. The maximum absolute atomic E-state index is 12.0. The highest BCUT2D eigenvalue weighted by molar-refractivity contribution is 7.09. The molecule has 0 bridgehead atoms. The number of carbonyl (C=O) groups is 1. The van der Waals surface area contributed by atoms with Crippen molar-refractivity contribution in [1.29, 1.82) is 0 Å². The van der Waals surface area contributed by atoms with Gasteiger partial charge in [0.2, 0.25) is 0 Å². The zero-order chi connectivity index (χ0) is 27.2. The zero-order valence-electron chi connectivity index (χ0n) is 22.1. The predicted octanol–water partition coefficient (Wildman–Crippen LogP) is 3.87. The summed E-state index contributed by atoms with van der Waals surface area (Å²) >= 11 is 8.29. The van der Waals surface area contributed by atoms with Gasteiger partial charge in [-0.25, -0.2) is 15.0 Å². The van der Waals surface area contributed by atoms with Crippen LogP contribution < -0.4 is 15.4 Å². The summed E-state index contributed by atoms with van der Waals surface area (Å²) in [4.78, 5) is 33.4. The van der Waals surface area contributed by atoms with Crippen LogP contribution in [0, 0.1) is 0 Å². The Morgan fingerprint density at radius 2 is 2.03 bits per heavy atom. The van der Waals surface area contributed by atoms with Crippen LogP contribution in [0.4, 0.5) is 5.69 Å². The third-order valence-electron chi connectivity index (χ3n) is 6.63. The van der Waals surface area contributed by atoms with Gasteiger partial charge in [0.15, 0.2) is 12.3 Å². The number of H-pyrrole nitrogens is 1. The van der Waals surface area contributed by atoms with Crippen molar-refractivity contribution in [3.05, 3.63) is 52.1 Å². The minimum Gasteiger partial charge on any atom is -0.484 e. The standard InChI is InChI=1S/C27H33ClN8O2S/c1-35(2)13-9-29-22(37)17-38-20-5-3-18(4-6-20)26-33-25-24(21(28)15-31-27(25)34-26)32-19-7-11-36(12-8-19)16-23-30-10-14-39-23/h3-6,10,14-15,19H,7-9,11-13,16-17H2,1-2H3,(H,29,37)(H2,31,32,33,34). The van der Waals surface area contributed by atoms with Gasteiger partial charge in [0.05, 0.1) is 23.5 Å². The van der Waals surface area contributed by atoms with Gasteiger partial charge in [-0.3, -0.25) is 9.69 Å². The Labute approximate surface area is 236 Å². The number of amides is 1. The molecule has 1 aromatic carbocycles. The molecular formula is C27H33ClN8O2S. The third-order valence-corrected chi connectivity index (χ3v) is 7.68. The molecule has 1 aliphatic rings. The second-order valence-electron chi connectivity index (χ2n) is 9.85. The molecule has 0 spiro atoms. The Hall–Kier alpha value is -3.25. The van der Waals surface area contributed by atoms with E-state index in [1.165, 1.54) is 0 Å². The molecular weight excluding hydrogens is 536 g/mol. The van der Waals surface area contributed by atoms with Crippen LogP contribution in [-0.2, 0) is 11.3 Å². The average Bonchev–Trinajstić information content (AvgIpc) is 3.60. The highest BCUT2D eigenvalue weighted by atomic mass is 35.5. The minimum atomic E-state index is -0.147. The molecule has 206 valence electrons. The summed E-state index contributed by atoms with van der Waals surface area (Å²) in [7, 11) is 3.92. The first kappa shape index (κ1) is 27.3. The van der Waals surface area contributed by atoms with Crippen molar-refractivity contribution in [1.82, 2.24) is 35.1 Å². The largest absolute Gasteiger partial charge is 0.484 e. The molecule has 0 aliphatic carbocycles. The van der Waals surface area contributed by atoms with E-state index in [2.05, 4.69) is 30.5 Å². The summed E-state index contributed by atoms with van der Waals surface area (Å²) in [6.07, 6.45) is 5.54. The van der Waals surface area contributed by atoms with Crippen LogP contribution in [-0.4, -0.2) is 88.6 Å². The van der Waals surface area contributed by atoms with Gasteiger partial charge in [0, 0.05) is 49.4 Å². The van der Waals surface area contributed by atoms with Gasteiger partial charge < -0.3 is 25.3 Å². The van der Waals surface area contributed by atoms with Crippen LogP contribution in [0.5, 0.6) is 5.75 Å². The van der Waals surface area contributed by atoms with Crippen molar-refractivity contribution in [2.45, 2.75) is 25.4 Å². The summed E-state index contributed by atoms with van der Waals surface area (Å²) in [6, 6.07) is 7.78. The van der Waals surface area contributed by atoms with E-state index in [9.17, 15) is 4.79 Å². The van der Waals surface area contributed by atoms with E-state index in [1.807, 2.05) is 54.8 Å². The lowest BCUT2D eigenvalue weighted by Gasteiger charge is -2.32. The quantitative estimate of drug-likeness (QED) is 0.250. The molecule has 3 N–H and O–H groups in total. The second-order valence-corrected chi connectivity index (χ2v) is 11.2. The number of halogens is 1. The number of likely N-dealkylation sites (N-methyl/N-ethyl adjacent to an activating group) is 1. The topological polar surface area (TPSA) is 111 Å². The Balaban J connectivity index is 1.20. The number of nitrogens with zero attached hydrogens (tertiary/aromatic N) is 5. The van der Waals surface area contributed by atoms with Gasteiger partial charge in [-0.05, 0) is 51.2 Å². The van der Waals surface area contributed by atoms with E-state index in [4.69, 9.17) is 21.3 Å². The summed E-state index contributed by atoms with van der Waals surface area (Å²) < 4.78 is 5.63. The lowest BCUT2D eigenvalue weighted by atomic mass is 10.0. The molecule has 4 heterocycles. The average molecular weight is 569 g/mol. The van der Waals surface area contributed by atoms with Crippen molar-refractivity contribution in [2.24, 2.45) is 0 Å². The maximum atomic E-state index is 12.0. The number of pyridine rings is 1. The van der Waals surface area contributed by atoms with Gasteiger partial charge in [0.1, 0.15) is 22.1 Å². The minimum absolute atomic E-state index is 0.0291. The fourth-order valence-corrected chi connectivity index (χ4v) is 5.36. The number of aromatic nitrogens is 4. The molecule has 1 saturated heterocycles. The number of ether oxygens (including phenoxy) is 1. The SMILES string of the molecule is CN(C)CCNC(=O)COc1ccc(-c2nc3ncc(Cl)c(NC4CCN(Cc5nccs5)CC4)c3[nH]2)cc1. The van der Waals surface area contributed by atoms with Crippen LogP contribution >= 0.6 is 22.9 Å². The van der Waals surface area contributed by atoms with Crippen LogP contribution in [0.3, 0.4) is 0 Å². The van der Waals surface area contributed by atoms with Crippen LogP contribution in [0.2, 0.25) is 5.02 Å². The number of hydrogen-bond acceptors (Lipinski definition) is 9. The van der Waals surface area contributed by atoms with E-state index >= 15 is 0 Å². The summed E-state index contributed by atoms with van der Waals surface area (Å²) in [5.74, 6) is 1.16. The molecule has 39 heavy (non-hydrogen) atoms. The molecule has 5 rings (SSSR count). The first-order chi connectivity index (χ1) is 18.9. The van der Waals surface area contributed by atoms with Gasteiger partial charge in [-0.15, -0.1) is 11.3 Å². The number of hydrogen-bond donors (Lipinski definition) is 3. The number of carbonyl (C=O) groups excluding carboxylic acids is 1. The number of imidazole rings is 1. The molecule has 4 aromatic rings. The normalized spacial score (nSPS) is 14.7. The molecule has 1 aliphatic heterocycles. The predicted molar refractivity (Wildman–Crippen MR) is 155 cm³/mol. The monoisotopic (exact) mass is 568 g/mol. The van der Waals surface area contributed by atoms with E-state index in [-0.39, 0.29) is 12.5 Å². The van der Waals surface area contributed by atoms with E-state index in [0.717, 1.165) is 60.8 Å². The lowest BCUT2D eigenvalue weighted by Crippen LogP contribution is -2.38. The van der Waals surface area contributed by atoms with Gasteiger partial charge in [0.25, 0.3) is 5.91 Å². The van der Waals surface area contributed by atoms with E-state index in [0.29, 0.717) is 34.8 Å². The van der Waals surface area contributed by atoms with Crippen LogP contribution in [0.25, 0.3) is 22.6 Å². The highest BCUT2D eigenvalue weighted by Crippen LogP contribution is 2.32. The first-order valence-corrected chi connectivity index (χ1v) is 14.3. The van der Waals surface area contributed by atoms with Crippen molar-refractivity contribution in [3.8, 4) is 17.1 Å². The van der Waals surface area contributed by atoms with Gasteiger partial charge >= 0.3 is 0 Å². The Morgan fingerprint density at radius 1 is 1.23 bits per heavy atom. The highest BCUT2D eigenvalue weighted by Gasteiger charge is 2.22.